The van der Waals surface area contributed by atoms with Crippen LogP contribution in [0.4, 0.5) is 19.3 Å². The van der Waals surface area contributed by atoms with Crippen molar-refractivity contribution < 1.29 is 18.3 Å². The number of anilines is 1. The van der Waals surface area contributed by atoms with Crippen LogP contribution < -0.4 is 5.32 Å². The number of rotatable bonds is 6. The number of halogens is 2. The topological polar surface area (TPSA) is 72.3 Å². The van der Waals surface area contributed by atoms with Gasteiger partial charge in [-0.3, -0.25) is 0 Å². The average Bonchev–Trinajstić information content (AvgIpc) is 3.30. The molecule has 4 rings (SSSR count). The third-order valence-electron chi connectivity index (χ3n) is 5.26. The van der Waals surface area contributed by atoms with Crippen molar-refractivity contribution >= 4 is 22.9 Å². The minimum atomic E-state index is -0.729. The first kappa shape index (κ1) is 20.2. The smallest absolute Gasteiger partial charge is 0.321 e. The van der Waals surface area contributed by atoms with E-state index in [-0.39, 0.29) is 17.6 Å². The summed E-state index contributed by atoms with van der Waals surface area (Å²) in [7, 11) is 1.66. The number of nitrogens with zero attached hydrogens (tertiary/aromatic N) is 4. The summed E-state index contributed by atoms with van der Waals surface area (Å²) in [5.41, 5.74) is 1.77. The van der Waals surface area contributed by atoms with Crippen molar-refractivity contribution in [3.8, 4) is 0 Å². The largest absolute Gasteiger partial charge is 0.383 e. The second-order valence-electron chi connectivity index (χ2n) is 7.41. The van der Waals surface area contributed by atoms with Crippen LogP contribution >= 0.6 is 0 Å². The number of imidazole rings is 1. The number of fused-ring (bicyclic) bond motifs is 1. The second kappa shape index (κ2) is 8.74. The number of methoxy groups -OCH3 is 1. The van der Waals surface area contributed by atoms with E-state index in [0.29, 0.717) is 32.7 Å². The van der Waals surface area contributed by atoms with Crippen molar-refractivity contribution in [1.29, 1.82) is 0 Å². The molecule has 9 heteroatoms. The molecule has 0 spiro atoms. The zero-order valence-corrected chi connectivity index (χ0v) is 16.6. The Morgan fingerprint density at radius 3 is 2.87 bits per heavy atom. The Kier molecular flexibility index (Phi) is 5.89. The number of hydrogen-bond acceptors (Lipinski definition) is 4. The predicted molar refractivity (Wildman–Crippen MR) is 108 cm³/mol. The number of hydrogen-bond donors (Lipinski definition) is 1. The van der Waals surface area contributed by atoms with Gasteiger partial charge in [0.25, 0.3) is 0 Å². The minimum absolute atomic E-state index is 0.105. The Morgan fingerprint density at radius 2 is 2.10 bits per heavy atom. The van der Waals surface area contributed by atoms with Crippen LogP contribution in [-0.4, -0.2) is 52.3 Å². The lowest BCUT2D eigenvalue weighted by Crippen LogP contribution is -2.33. The molecule has 158 valence electrons. The molecule has 30 heavy (non-hydrogen) atoms. The van der Waals surface area contributed by atoms with Gasteiger partial charge >= 0.3 is 6.03 Å². The van der Waals surface area contributed by atoms with Gasteiger partial charge in [0.2, 0.25) is 0 Å². The lowest BCUT2D eigenvalue weighted by Gasteiger charge is -2.18. The normalized spacial score (nSPS) is 16.4. The highest BCUT2D eigenvalue weighted by Gasteiger charge is 2.28. The van der Waals surface area contributed by atoms with Gasteiger partial charge in [0, 0.05) is 51.1 Å². The number of benzene rings is 1. The maximum atomic E-state index is 13.3. The molecule has 3 heterocycles. The molecule has 0 aliphatic carbocycles. The van der Waals surface area contributed by atoms with E-state index in [1.165, 1.54) is 0 Å². The number of aromatic nitrogens is 3. The van der Waals surface area contributed by atoms with E-state index in [9.17, 15) is 13.6 Å². The summed E-state index contributed by atoms with van der Waals surface area (Å²) >= 11 is 0. The van der Waals surface area contributed by atoms with Gasteiger partial charge in [-0.25, -0.2) is 23.5 Å². The first-order chi connectivity index (χ1) is 14.5. The van der Waals surface area contributed by atoms with Gasteiger partial charge in [0.1, 0.15) is 23.0 Å². The standard InChI is InChI=1S/C21H23F2N5O2/c1-30-8-7-28-19(26-18-3-2-5-24-20(18)28)9-14-4-6-27(13-14)21(29)25-17-11-15(22)10-16(23)12-17/h2-3,5,10-12,14H,4,6-9,13H2,1H3,(H,25,29)/t14-/m0/s1. The Balaban J connectivity index is 1.43. The molecule has 0 radical (unpaired) electrons. The first-order valence-corrected chi connectivity index (χ1v) is 9.84. The number of amides is 2. The molecular formula is C21H23F2N5O2. The lowest BCUT2D eigenvalue weighted by atomic mass is 10.0. The minimum Gasteiger partial charge on any atom is -0.383 e. The van der Waals surface area contributed by atoms with Gasteiger partial charge in [-0.05, 0) is 36.6 Å². The fraction of sp³-hybridized carbons (Fsp3) is 0.381. The van der Waals surface area contributed by atoms with Crippen LogP contribution in [0.2, 0.25) is 0 Å². The number of nitrogens with one attached hydrogen (secondary N) is 1. The molecule has 1 fully saturated rings. The van der Waals surface area contributed by atoms with Gasteiger partial charge in [-0.2, -0.15) is 0 Å². The molecule has 2 aromatic heterocycles. The maximum absolute atomic E-state index is 13.3. The number of pyridine rings is 1. The SMILES string of the molecule is COCCn1c(C[C@@H]2CCN(C(=O)Nc3cc(F)cc(F)c3)C2)nc2cccnc21. The van der Waals surface area contributed by atoms with Crippen molar-refractivity contribution in [2.24, 2.45) is 5.92 Å². The number of ether oxygens (including phenoxy) is 1. The maximum Gasteiger partial charge on any atom is 0.321 e. The van der Waals surface area contributed by atoms with Crippen LogP contribution in [-0.2, 0) is 17.7 Å². The molecular weight excluding hydrogens is 392 g/mol. The van der Waals surface area contributed by atoms with Gasteiger partial charge < -0.3 is 19.5 Å². The van der Waals surface area contributed by atoms with Crippen LogP contribution in [0.15, 0.2) is 36.5 Å². The van der Waals surface area contributed by atoms with E-state index in [2.05, 4.69) is 14.9 Å². The highest BCUT2D eigenvalue weighted by molar-refractivity contribution is 5.89. The van der Waals surface area contributed by atoms with Crippen LogP contribution in [0.25, 0.3) is 11.2 Å². The summed E-state index contributed by atoms with van der Waals surface area (Å²) in [5, 5.41) is 2.57. The lowest BCUT2D eigenvalue weighted by molar-refractivity contribution is 0.187. The molecule has 1 atom stereocenters. The van der Waals surface area contributed by atoms with E-state index in [1.54, 1.807) is 18.2 Å². The quantitative estimate of drug-likeness (QED) is 0.669. The van der Waals surface area contributed by atoms with Crippen LogP contribution in [0, 0.1) is 17.6 Å². The molecule has 1 N–H and O–H groups in total. The molecule has 1 aliphatic heterocycles. The van der Waals surface area contributed by atoms with E-state index in [1.807, 2.05) is 12.1 Å². The van der Waals surface area contributed by atoms with E-state index in [0.717, 1.165) is 41.6 Å². The molecule has 3 aromatic rings. The van der Waals surface area contributed by atoms with Gasteiger partial charge in [-0.15, -0.1) is 0 Å². The second-order valence-corrected chi connectivity index (χ2v) is 7.41. The summed E-state index contributed by atoms with van der Waals surface area (Å²) in [5.74, 6) is -0.306. The zero-order chi connectivity index (χ0) is 21.1. The van der Waals surface area contributed by atoms with E-state index >= 15 is 0 Å². The van der Waals surface area contributed by atoms with Crippen molar-refractivity contribution in [2.45, 2.75) is 19.4 Å². The Labute approximate surface area is 172 Å². The summed E-state index contributed by atoms with van der Waals surface area (Å²) in [6.45, 7) is 2.33. The first-order valence-electron chi connectivity index (χ1n) is 9.84. The van der Waals surface area contributed by atoms with Crippen molar-refractivity contribution in [3.05, 3.63) is 54.0 Å². The number of urea groups is 1. The number of likely N-dealkylation sites (tertiary alicyclic amines) is 1. The summed E-state index contributed by atoms with van der Waals surface area (Å²) in [4.78, 5) is 23.3. The molecule has 0 bridgehead atoms. The Morgan fingerprint density at radius 1 is 1.30 bits per heavy atom. The zero-order valence-electron chi connectivity index (χ0n) is 16.6. The molecule has 1 saturated heterocycles. The molecule has 0 saturated carbocycles. The van der Waals surface area contributed by atoms with Gasteiger partial charge in [0.15, 0.2) is 5.65 Å². The average molecular weight is 415 g/mol. The molecule has 1 aliphatic rings. The third-order valence-corrected chi connectivity index (χ3v) is 5.26. The highest BCUT2D eigenvalue weighted by Crippen LogP contribution is 2.24. The van der Waals surface area contributed by atoms with Crippen LogP contribution in [0.5, 0.6) is 0 Å². The predicted octanol–water partition coefficient (Wildman–Crippen LogP) is 3.45. The monoisotopic (exact) mass is 415 g/mol. The third kappa shape index (κ3) is 4.40. The van der Waals surface area contributed by atoms with E-state index < -0.39 is 11.6 Å². The number of carbonyl (C=O) groups is 1. The molecule has 2 amide bonds. The van der Waals surface area contributed by atoms with Crippen LogP contribution in [0.1, 0.15) is 12.2 Å². The molecule has 0 unspecified atom stereocenters. The van der Waals surface area contributed by atoms with E-state index in [4.69, 9.17) is 9.72 Å². The molecule has 7 nitrogen and oxygen atoms in total. The summed E-state index contributed by atoms with van der Waals surface area (Å²) < 4.78 is 34.0. The summed E-state index contributed by atoms with van der Waals surface area (Å²) in [6, 6.07) is 6.39. The van der Waals surface area contributed by atoms with Crippen molar-refractivity contribution in [1.82, 2.24) is 19.4 Å². The van der Waals surface area contributed by atoms with Crippen molar-refractivity contribution in [3.63, 3.8) is 0 Å². The van der Waals surface area contributed by atoms with Crippen molar-refractivity contribution in [2.75, 3.05) is 32.1 Å². The summed E-state index contributed by atoms with van der Waals surface area (Å²) in [6.07, 6.45) is 3.28. The molecule has 1 aromatic carbocycles. The number of carbonyl (C=O) groups excluding carboxylic acids is 1. The fourth-order valence-electron chi connectivity index (χ4n) is 3.85. The Hall–Kier alpha value is -3.07. The van der Waals surface area contributed by atoms with Crippen LogP contribution in [0.3, 0.4) is 0 Å². The Bertz CT molecular complexity index is 1030. The highest BCUT2D eigenvalue weighted by atomic mass is 19.1. The van der Waals surface area contributed by atoms with Gasteiger partial charge in [0.05, 0.1) is 6.61 Å². The fourth-order valence-corrected chi connectivity index (χ4v) is 3.85. The van der Waals surface area contributed by atoms with Gasteiger partial charge in [-0.1, -0.05) is 0 Å².